The van der Waals surface area contributed by atoms with Crippen molar-refractivity contribution >= 4 is 18.0 Å². The zero-order chi connectivity index (χ0) is 14.2. The first-order chi connectivity index (χ1) is 8.99. The van der Waals surface area contributed by atoms with E-state index < -0.39 is 31.1 Å². The van der Waals surface area contributed by atoms with E-state index in [1.165, 1.54) is 10.8 Å². The van der Waals surface area contributed by atoms with Crippen molar-refractivity contribution in [2.75, 3.05) is 12.3 Å². The highest BCUT2D eigenvalue weighted by Gasteiger charge is 2.43. The van der Waals surface area contributed by atoms with E-state index >= 15 is 0 Å². The summed E-state index contributed by atoms with van der Waals surface area (Å²) >= 11 is 5.01. The molecule has 0 aliphatic carbocycles. The minimum atomic E-state index is -1.26. The first-order valence-electron chi connectivity index (χ1n) is 5.60. The molecule has 0 bridgehead atoms. The van der Waals surface area contributed by atoms with Crippen LogP contribution in [-0.4, -0.2) is 54.9 Å². The summed E-state index contributed by atoms with van der Waals surface area (Å²) in [6.45, 7) is -0.777. The lowest BCUT2D eigenvalue weighted by atomic mass is 10.1. The van der Waals surface area contributed by atoms with Gasteiger partial charge in [-0.1, -0.05) is 0 Å². The fourth-order valence-corrected chi connectivity index (χ4v) is 2.19. The van der Waals surface area contributed by atoms with E-state index in [0.29, 0.717) is 5.56 Å². The SMILES string of the molecule is Nc1nc(=S)n(C2OC(CO)C(O)C2O)cc1CO. The maximum absolute atomic E-state index is 9.89. The molecule has 1 aliphatic rings. The van der Waals surface area contributed by atoms with Gasteiger partial charge in [-0.15, -0.1) is 0 Å². The number of hydrogen-bond donors (Lipinski definition) is 5. The predicted molar refractivity (Wildman–Crippen MR) is 66.4 cm³/mol. The quantitative estimate of drug-likeness (QED) is 0.416. The van der Waals surface area contributed by atoms with Gasteiger partial charge in [-0.05, 0) is 12.2 Å². The van der Waals surface area contributed by atoms with E-state index in [2.05, 4.69) is 4.98 Å². The van der Waals surface area contributed by atoms with Crippen molar-refractivity contribution in [2.24, 2.45) is 0 Å². The molecule has 1 aromatic rings. The average molecular weight is 289 g/mol. The van der Waals surface area contributed by atoms with E-state index in [1.807, 2.05) is 0 Å². The molecule has 0 aromatic carbocycles. The first kappa shape index (κ1) is 14.3. The molecule has 1 aromatic heterocycles. The van der Waals surface area contributed by atoms with Crippen LogP contribution in [0.15, 0.2) is 6.20 Å². The molecule has 0 spiro atoms. The van der Waals surface area contributed by atoms with Crippen LogP contribution in [0.1, 0.15) is 11.8 Å². The van der Waals surface area contributed by atoms with Gasteiger partial charge in [0.1, 0.15) is 24.1 Å². The Morgan fingerprint density at radius 1 is 1.37 bits per heavy atom. The first-order valence-corrected chi connectivity index (χ1v) is 6.01. The van der Waals surface area contributed by atoms with Crippen LogP contribution in [0.5, 0.6) is 0 Å². The van der Waals surface area contributed by atoms with Gasteiger partial charge in [-0.25, -0.2) is 4.98 Å². The van der Waals surface area contributed by atoms with E-state index in [1.54, 1.807) is 0 Å². The lowest BCUT2D eigenvalue weighted by Gasteiger charge is -2.19. The van der Waals surface area contributed by atoms with Crippen molar-refractivity contribution in [3.05, 3.63) is 16.5 Å². The van der Waals surface area contributed by atoms with Gasteiger partial charge in [0.15, 0.2) is 6.23 Å². The molecule has 6 N–H and O–H groups in total. The smallest absolute Gasteiger partial charge is 0.203 e. The molecule has 8 nitrogen and oxygen atoms in total. The number of hydrogen-bond acceptors (Lipinski definition) is 8. The van der Waals surface area contributed by atoms with Gasteiger partial charge in [0.2, 0.25) is 4.77 Å². The van der Waals surface area contributed by atoms with Crippen LogP contribution in [0.3, 0.4) is 0 Å². The molecule has 19 heavy (non-hydrogen) atoms. The lowest BCUT2D eigenvalue weighted by Crippen LogP contribution is -2.33. The summed E-state index contributed by atoms with van der Waals surface area (Å²) in [5.41, 5.74) is 5.90. The summed E-state index contributed by atoms with van der Waals surface area (Å²) in [5, 5.41) is 37.7. The Morgan fingerprint density at radius 3 is 2.58 bits per heavy atom. The number of aliphatic hydroxyl groups excluding tert-OH is 4. The lowest BCUT2D eigenvalue weighted by molar-refractivity contribution is -0.0542. The molecule has 0 radical (unpaired) electrons. The molecule has 2 rings (SSSR count). The maximum atomic E-state index is 9.89. The highest BCUT2D eigenvalue weighted by atomic mass is 32.1. The van der Waals surface area contributed by atoms with Crippen molar-refractivity contribution in [2.45, 2.75) is 31.1 Å². The van der Waals surface area contributed by atoms with Gasteiger partial charge in [-0.3, -0.25) is 4.57 Å². The highest BCUT2D eigenvalue weighted by Crippen LogP contribution is 2.29. The highest BCUT2D eigenvalue weighted by molar-refractivity contribution is 7.71. The second-order valence-electron chi connectivity index (χ2n) is 4.23. The molecule has 9 heteroatoms. The molecular formula is C10H15N3O5S. The van der Waals surface area contributed by atoms with Gasteiger partial charge in [0.05, 0.1) is 13.2 Å². The van der Waals surface area contributed by atoms with Crippen molar-refractivity contribution in [3.63, 3.8) is 0 Å². The molecular weight excluding hydrogens is 274 g/mol. The largest absolute Gasteiger partial charge is 0.394 e. The molecule has 1 saturated heterocycles. The van der Waals surface area contributed by atoms with E-state index in [4.69, 9.17) is 32.9 Å². The van der Waals surface area contributed by atoms with Crippen LogP contribution in [0.2, 0.25) is 0 Å². The Labute approximate surface area is 113 Å². The third-order valence-electron chi connectivity index (χ3n) is 3.02. The van der Waals surface area contributed by atoms with Crippen LogP contribution in [0, 0.1) is 4.77 Å². The third kappa shape index (κ3) is 2.48. The van der Waals surface area contributed by atoms with E-state index in [9.17, 15) is 10.2 Å². The molecule has 2 heterocycles. The summed E-state index contributed by atoms with van der Waals surface area (Å²) in [7, 11) is 0. The zero-order valence-corrected chi connectivity index (χ0v) is 10.7. The third-order valence-corrected chi connectivity index (χ3v) is 3.32. The maximum Gasteiger partial charge on any atom is 0.203 e. The minimum Gasteiger partial charge on any atom is -0.394 e. The Balaban J connectivity index is 2.40. The molecule has 0 amide bonds. The normalized spacial score (nSPS) is 30.7. The second kappa shape index (κ2) is 5.49. The van der Waals surface area contributed by atoms with Gasteiger partial charge < -0.3 is 30.9 Å². The van der Waals surface area contributed by atoms with Crippen LogP contribution < -0.4 is 5.73 Å². The fourth-order valence-electron chi connectivity index (χ4n) is 1.94. The number of nitrogens with two attached hydrogens (primary N) is 1. The summed E-state index contributed by atoms with van der Waals surface area (Å²) in [4.78, 5) is 3.86. The molecule has 106 valence electrons. The summed E-state index contributed by atoms with van der Waals surface area (Å²) in [6, 6.07) is 0. The van der Waals surface area contributed by atoms with Crippen molar-refractivity contribution in [1.29, 1.82) is 0 Å². The number of ether oxygens (including phenoxy) is 1. The zero-order valence-electron chi connectivity index (χ0n) is 9.88. The Bertz CT molecular complexity index is 522. The Hall–Kier alpha value is -1.10. The predicted octanol–water partition coefficient (Wildman–Crippen LogP) is -1.70. The van der Waals surface area contributed by atoms with E-state index in [-0.39, 0.29) is 17.2 Å². The van der Waals surface area contributed by atoms with Gasteiger partial charge in [-0.2, -0.15) is 0 Å². The molecule has 0 saturated carbocycles. The van der Waals surface area contributed by atoms with Crippen molar-refractivity contribution < 1.29 is 25.2 Å². The van der Waals surface area contributed by atoms with Crippen molar-refractivity contribution in [1.82, 2.24) is 9.55 Å². The molecule has 1 fully saturated rings. The summed E-state index contributed by atoms with van der Waals surface area (Å²) < 4.78 is 6.66. The van der Waals surface area contributed by atoms with Crippen LogP contribution in [0.4, 0.5) is 5.82 Å². The number of nitrogens with zero attached hydrogens (tertiary/aromatic N) is 2. The number of rotatable bonds is 3. The summed E-state index contributed by atoms with van der Waals surface area (Å²) in [6.07, 6.45) is -2.98. The Morgan fingerprint density at radius 2 is 2.05 bits per heavy atom. The molecule has 1 aliphatic heterocycles. The summed E-state index contributed by atoms with van der Waals surface area (Å²) in [5.74, 6) is 0.0930. The van der Waals surface area contributed by atoms with Gasteiger partial charge >= 0.3 is 0 Å². The average Bonchev–Trinajstić information content (AvgIpc) is 2.67. The number of aliphatic hydroxyl groups is 4. The second-order valence-corrected chi connectivity index (χ2v) is 4.59. The fraction of sp³-hybridized carbons (Fsp3) is 0.600. The van der Waals surface area contributed by atoms with Crippen LogP contribution in [0.25, 0.3) is 0 Å². The minimum absolute atomic E-state index is 0.0459. The van der Waals surface area contributed by atoms with Crippen molar-refractivity contribution in [3.8, 4) is 0 Å². The van der Waals surface area contributed by atoms with Gasteiger partial charge in [0.25, 0.3) is 0 Å². The monoisotopic (exact) mass is 289 g/mol. The van der Waals surface area contributed by atoms with E-state index in [0.717, 1.165) is 0 Å². The van der Waals surface area contributed by atoms with Crippen LogP contribution in [-0.2, 0) is 11.3 Å². The Kier molecular flexibility index (Phi) is 4.13. The topological polar surface area (TPSA) is 134 Å². The number of nitrogen functional groups attached to an aromatic ring is 1. The number of aromatic nitrogens is 2. The van der Waals surface area contributed by atoms with Gasteiger partial charge in [0, 0.05) is 11.8 Å². The molecule has 4 atom stereocenters. The molecule has 4 unspecified atom stereocenters. The van der Waals surface area contributed by atoms with Crippen LogP contribution >= 0.6 is 12.2 Å². The standard InChI is InChI=1S/C10H15N3O5S/c11-8-4(2-14)1-13(10(19)12-8)9-7(17)6(16)5(3-15)18-9/h1,5-7,9,14-17H,2-3H2,(H2,11,12,19). The number of anilines is 1.